The smallest absolute Gasteiger partial charge is 0.243 e. The van der Waals surface area contributed by atoms with Gasteiger partial charge in [-0.3, -0.25) is 0 Å². The van der Waals surface area contributed by atoms with Gasteiger partial charge in [-0.25, -0.2) is 0 Å². The Morgan fingerprint density at radius 2 is 2.06 bits per heavy atom. The number of hydrogen-bond donors (Lipinski definition) is 1. The molecule has 98 valence electrons. The summed E-state index contributed by atoms with van der Waals surface area (Å²) in [7, 11) is 0. The summed E-state index contributed by atoms with van der Waals surface area (Å²) in [5, 5.41) is 3.94. The quantitative estimate of drug-likeness (QED) is 0.827. The van der Waals surface area contributed by atoms with E-state index in [0.717, 1.165) is 6.42 Å². The maximum atomic E-state index is 5.99. The van der Waals surface area contributed by atoms with Crippen molar-refractivity contribution < 1.29 is 9.26 Å². The molecular weight excluding hydrogens is 218 g/mol. The highest BCUT2D eigenvalue weighted by atomic mass is 16.5. The Labute approximate surface area is 103 Å². The van der Waals surface area contributed by atoms with Crippen molar-refractivity contribution in [1.82, 2.24) is 10.1 Å². The molecule has 0 spiro atoms. The fourth-order valence-corrected chi connectivity index (χ4v) is 1.66. The van der Waals surface area contributed by atoms with Crippen molar-refractivity contribution in [1.29, 1.82) is 0 Å². The van der Waals surface area contributed by atoms with E-state index in [1.807, 2.05) is 20.8 Å². The number of rotatable bonds is 6. The zero-order valence-corrected chi connectivity index (χ0v) is 11.4. The van der Waals surface area contributed by atoms with Gasteiger partial charge in [0.05, 0.1) is 6.04 Å². The van der Waals surface area contributed by atoms with Crippen LogP contribution in [0.2, 0.25) is 0 Å². The van der Waals surface area contributed by atoms with Crippen LogP contribution in [0.15, 0.2) is 4.52 Å². The molecule has 5 nitrogen and oxygen atoms in total. The van der Waals surface area contributed by atoms with E-state index in [9.17, 15) is 0 Å². The standard InChI is InChI=1S/C12H23N3O2/c1-6-16-12(4,5)11-14-10(17-15-11)9(13)7-8(2)3/h8-9H,6-7,13H2,1-5H3/t9-/m1/s1. The van der Waals surface area contributed by atoms with E-state index in [0.29, 0.717) is 24.2 Å². The van der Waals surface area contributed by atoms with E-state index in [2.05, 4.69) is 24.0 Å². The van der Waals surface area contributed by atoms with Crippen LogP contribution in [0.1, 0.15) is 58.8 Å². The van der Waals surface area contributed by atoms with Gasteiger partial charge in [0.25, 0.3) is 0 Å². The second kappa shape index (κ2) is 5.60. The lowest BCUT2D eigenvalue weighted by Gasteiger charge is -2.19. The van der Waals surface area contributed by atoms with Gasteiger partial charge in [-0.2, -0.15) is 4.98 Å². The van der Waals surface area contributed by atoms with Gasteiger partial charge < -0.3 is 15.0 Å². The lowest BCUT2D eigenvalue weighted by atomic mass is 10.0. The summed E-state index contributed by atoms with van der Waals surface area (Å²) in [6, 6.07) is -0.200. The minimum Gasteiger partial charge on any atom is -0.368 e. The van der Waals surface area contributed by atoms with Crippen LogP contribution < -0.4 is 5.73 Å². The van der Waals surface area contributed by atoms with E-state index in [4.69, 9.17) is 15.0 Å². The first-order chi connectivity index (χ1) is 7.86. The molecule has 1 aromatic heterocycles. The van der Waals surface area contributed by atoms with E-state index >= 15 is 0 Å². The predicted octanol–water partition coefficient (Wildman–Crippen LogP) is 2.39. The van der Waals surface area contributed by atoms with Gasteiger partial charge in [0, 0.05) is 6.61 Å². The Hall–Kier alpha value is -0.940. The molecule has 0 aromatic carbocycles. The lowest BCUT2D eigenvalue weighted by Crippen LogP contribution is -2.23. The van der Waals surface area contributed by atoms with Crippen molar-refractivity contribution in [3.63, 3.8) is 0 Å². The van der Waals surface area contributed by atoms with Gasteiger partial charge in [-0.05, 0) is 33.1 Å². The second-order valence-electron chi connectivity index (χ2n) is 5.14. The molecule has 5 heteroatoms. The first-order valence-corrected chi connectivity index (χ1v) is 6.10. The summed E-state index contributed by atoms with van der Waals surface area (Å²) in [6.07, 6.45) is 0.830. The molecule has 0 aliphatic carbocycles. The fourth-order valence-electron chi connectivity index (χ4n) is 1.66. The minimum absolute atomic E-state index is 0.200. The van der Waals surface area contributed by atoms with Crippen molar-refractivity contribution in [3.05, 3.63) is 11.7 Å². The monoisotopic (exact) mass is 241 g/mol. The second-order valence-corrected chi connectivity index (χ2v) is 5.14. The van der Waals surface area contributed by atoms with Crippen LogP contribution in [0, 0.1) is 5.92 Å². The summed E-state index contributed by atoms with van der Waals surface area (Å²) in [6.45, 7) is 10.6. The van der Waals surface area contributed by atoms with E-state index in [-0.39, 0.29) is 6.04 Å². The van der Waals surface area contributed by atoms with E-state index in [1.54, 1.807) is 0 Å². The number of ether oxygens (including phenoxy) is 1. The maximum absolute atomic E-state index is 5.99. The third-order valence-electron chi connectivity index (χ3n) is 2.53. The Morgan fingerprint density at radius 3 is 2.59 bits per heavy atom. The van der Waals surface area contributed by atoms with Crippen LogP contribution in [-0.4, -0.2) is 16.7 Å². The molecule has 0 saturated carbocycles. The highest BCUT2D eigenvalue weighted by Crippen LogP contribution is 2.24. The van der Waals surface area contributed by atoms with Crippen LogP contribution in [-0.2, 0) is 10.3 Å². The molecule has 1 heterocycles. The Balaban J connectivity index is 2.77. The maximum Gasteiger partial charge on any atom is 0.243 e. The summed E-state index contributed by atoms with van der Waals surface area (Å²) in [5.41, 5.74) is 5.46. The molecule has 2 N–H and O–H groups in total. The Morgan fingerprint density at radius 1 is 1.41 bits per heavy atom. The van der Waals surface area contributed by atoms with Crippen molar-refractivity contribution in [2.75, 3.05) is 6.61 Å². The molecule has 1 rings (SSSR count). The highest BCUT2D eigenvalue weighted by molar-refractivity contribution is 4.99. The van der Waals surface area contributed by atoms with Crippen molar-refractivity contribution in [3.8, 4) is 0 Å². The topological polar surface area (TPSA) is 74.2 Å². The third kappa shape index (κ3) is 3.78. The predicted molar refractivity (Wildman–Crippen MR) is 65.3 cm³/mol. The minimum atomic E-state index is -0.534. The van der Waals surface area contributed by atoms with Crippen LogP contribution in [0.4, 0.5) is 0 Å². The molecule has 0 radical (unpaired) electrons. The number of nitrogens with zero attached hydrogens (tertiary/aromatic N) is 2. The van der Waals surface area contributed by atoms with Crippen LogP contribution in [0.5, 0.6) is 0 Å². The zero-order chi connectivity index (χ0) is 13.1. The summed E-state index contributed by atoms with van der Waals surface area (Å²) < 4.78 is 10.8. The molecular formula is C12H23N3O2. The molecule has 0 amide bonds. The van der Waals surface area contributed by atoms with Crippen LogP contribution >= 0.6 is 0 Å². The zero-order valence-electron chi connectivity index (χ0n) is 11.4. The van der Waals surface area contributed by atoms with Gasteiger partial charge in [-0.15, -0.1) is 0 Å². The molecule has 0 unspecified atom stereocenters. The summed E-state index contributed by atoms with van der Waals surface area (Å²) in [4.78, 5) is 4.33. The van der Waals surface area contributed by atoms with Gasteiger partial charge in [-0.1, -0.05) is 19.0 Å². The lowest BCUT2D eigenvalue weighted by molar-refractivity contribution is -0.0221. The number of hydrogen-bond acceptors (Lipinski definition) is 5. The molecule has 1 atom stereocenters. The number of aromatic nitrogens is 2. The SMILES string of the molecule is CCOC(C)(C)c1noc([C@H](N)CC(C)C)n1. The highest BCUT2D eigenvalue weighted by Gasteiger charge is 2.28. The average molecular weight is 241 g/mol. The van der Waals surface area contributed by atoms with Crippen molar-refractivity contribution in [2.45, 2.75) is 52.7 Å². The molecule has 0 bridgehead atoms. The fraction of sp³-hybridized carbons (Fsp3) is 0.833. The Kier molecular flexibility index (Phi) is 4.65. The van der Waals surface area contributed by atoms with E-state index < -0.39 is 5.60 Å². The third-order valence-corrected chi connectivity index (χ3v) is 2.53. The summed E-state index contributed by atoms with van der Waals surface area (Å²) in [5.74, 6) is 1.54. The van der Waals surface area contributed by atoms with Gasteiger partial charge >= 0.3 is 0 Å². The first-order valence-electron chi connectivity index (χ1n) is 6.10. The normalized spacial score (nSPS) is 14.3. The number of nitrogens with two attached hydrogens (primary N) is 1. The van der Waals surface area contributed by atoms with Gasteiger partial charge in [0.15, 0.2) is 0 Å². The summed E-state index contributed by atoms with van der Waals surface area (Å²) >= 11 is 0. The van der Waals surface area contributed by atoms with Crippen LogP contribution in [0.3, 0.4) is 0 Å². The molecule has 1 aromatic rings. The van der Waals surface area contributed by atoms with E-state index in [1.165, 1.54) is 0 Å². The molecule has 0 aliphatic heterocycles. The van der Waals surface area contributed by atoms with Crippen molar-refractivity contribution >= 4 is 0 Å². The van der Waals surface area contributed by atoms with Crippen molar-refractivity contribution in [2.24, 2.45) is 11.7 Å². The van der Waals surface area contributed by atoms with Gasteiger partial charge in [0.1, 0.15) is 5.60 Å². The average Bonchev–Trinajstić information content (AvgIpc) is 2.65. The molecule has 0 fully saturated rings. The molecule has 17 heavy (non-hydrogen) atoms. The molecule has 0 aliphatic rings. The first kappa shape index (κ1) is 14.1. The largest absolute Gasteiger partial charge is 0.368 e. The molecule has 0 saturated heterocycles. The Bertz CT molecular complexity index is 347. The van der Waals surface area contributed by atoms with Crippen LogP contribution in [0.25, 0.3) is 0 Å². The van der Waals surface area contributed by atoms with Gasteiger partial charge in [0.2, 0.25) is 11.7 Å².